The van der Waals surface area contributed by atoms with Gasteiger partial charge in [0.15, 0.2) is 5.65 Å². The largest absolute Gasteiger partial charge is 0.475 e. The van der Waals surface area contributed by atoms with Gasteiger partial charge in [0.05, 0.1) is 5.52 Å². The van der Waals surface area contributed by atoms with Gasteiger partial charge in [0, 0.05) is 11.1 Å². The molecule has 0 amide bonds. The van der Waals surface area contributed by atoms with Gasteiger partial charge in [-0.3, -0.25) is 0 Å². The average Bonchev–Trinajstić information content (AvgIpc) is 2.76. The van der Waals surface area contributed by atoms with E-state index in [-0.39, 0.29) is 5.65 Å². The number of aromatic nitrogens is 4. The van der Waals surface area contributed by atoms with E-state index in [1.54, 1.807) is 18.2 Å². The van der Waals surface area contributed by atoms with E-state index in [4.69, 9.17) is 10.8 Å². The Morgan fingerprint density at radius 2 is 2.22 bits per heavy atom. The number of aromatic amines is 1. The number of nitrogens with one attached hydrogen (secondary N) is 1. The summed E-state index contributed by atoms with van der Waals surface area (Å²) in [4.78, 5) is 28.9. The van der Waals surface area contributed by atoms with E-state index in [1.807, 2.05) is 0 Å². The fraction of sp³-hybridized carbons (Fsp3) is 0. The summed E-state index contributed by atoms with van der Waals surface area (Å²) in [6, 6.07) is 4.85. The molecule has 0 aliphatic heterocycles. The number of rotatable bonds is 1. The van der Waals surface area contributed by atoms with Crippen LogP contribution in [0.25, 0.3) is 16.6 Å². The van der Waals surface area contributed by atoms with Gasteiger partial charge in [-0.05, 0) is 18.2 Å². The summed E-state index contributed by atoms with van der Waals surface area (Å²) < 4.78 is 0.908. The predicted octanol–water partition coefficient (Wildman–Crippen LogP) is -0.149. The lowest BCUT2D eigenvalue weighted by Crippen LogP contribution is -2.17. The van der Waals surface area contributed by atoms with Crippen molar-refractivity contribution in [3.8, 4) is 0 Å². The van der Waals surface area contributed by atoms with E-state index in [9.17, 15) is 9.59 Å². The molecule has 0 bridgehead atoms. The molecular formula is C10H7N5O3. The Balaban J connectivity index is 2.55. The smallest absolute Gasteiger partial charge is 0.375 e. The molecule has 0 spiro atoms. The molecule has 4 N–H and O–H groups in total. The molecule has 2 aromatic heterocycles. The number of nitrogens with two attached hydrogens (primary N) is 1. The molecule has 18 heavy (non-hydrogen) atoms. The molecule has 8 nitrogen and oxygen atoms in total. The summed E-state index contributed by atoms with van der Waals surface area (Å²) in [5.74, 6) is -1.73. The Bertz CT molecular complexity index is 848. The van der Waals surface area contributed by atoms with Crippen LogP contribution in [0.15, 0.2) is 23.0 Å². The third-order valence-corrected chi connectivity index (χ3v) is 2.52. The number of fused-ring (bicyclic) bond motifs is 3. The molecule has 0 radical (unpaired) electrons. The lowest BCUT2D eigenvalue weighted by molar-refractivity contribution is 0.0684. The van der Waals surface area contributed by atoms with Crippen LogP contribution in [0.5, 0.6) is 0 Å². The molecular weight excluding hydrogens is 238 g/mol. The number of carbonyl (C=O) groups is 1. The maximum atomic E-state index is 11.7. The van der Waals surface area contributed by atoms with E-state index < -0.39 is 17.5 Å². The molecule has 90 valence electrons. The topological polar surface area (TPSA) is 126 Å². The molecule has 0 aliphatic carbocycles. The second-order valence-electron chi connectivity index (χ2n) is 3.71. The zero-order valence-electron chi connectivity index (χ0n) is 8.91. The van der Waals surface area contributed by atoms with Crippen LogP contribution in [-0.2, 0) is 0 Å². The number of anilines is 1. The van der Waals surface area contributed by atoms with Crippen molar-refractivity contribution >= 4 is 28.2 Å². The highest BCUT2D eigenvalue weighted by Gasteiger charge is 2.15. The van der Waals surface area contributed by atoms with Crippen LogP contribution < -0.4 is 11.4 Å². The van der Waals surface area contributed by atoms with E-state index in [0.717, 1.165) is 4.52 Å². The first kappa shape index (κ1) is 10.3. The summed E-state index contributed by atoms with van der Waals surface area (Å²) in [6.07, 6.45) is 0. The van der Waals surface area contributed by atoms with Crippen LogP contribution >= 0.6 is 0 Å². The van der Waals surface area contributed by atoms with Gasteiger partial charge in [-0.2, -0.15) is 4.52 Å². The SMILES string of the molecule is Nc1ccc2[nH]c(=O)n3nc(C(=O)O)nc3c2c1. The van der Waals surface area contributed by atoms with Gasteiger partial charge in [0.1, 0.15) is 0 Å². The minimum Gasteiger partial charge on any atom is -0.475 e. The molecule has 0 saturated heterocycles. The number of carboxylic acids is 1. The fourth-order valence-electron chi connectivity index (χ4n) is 1.74. The quantitative estimate of drug-likeness (QED) is 0.512. The number of H-pyrrole nitrogens is 1. The predicted molar refractivity (Wildman–Crippen MR) is 62.5 cm³/mol. The molecule has 3 aromatic rings. The lowest BCUT2D eigenvalue weighted by Gasteiger charge is -2.00. The third-order valence-electron chi connectivity index (χ3n) is 2.52. The molecule has 0 atom stereocenters. The van der Waals surface area contributed by atoms with E-state index >= 15 is 0 Å². The maximum Gasteiger partial charge on any atom is 0.375 e. The van der Waals surface area contributed by atoms with Gasteiger partial charge >= 0.3 is 11.7 Å². The second-order valence-corrected chi connectivity index (χ2v) is 3.71. The van der Waals surface area contributed by atoms with E-state index in [2.05, 4.69) is 15.1 Å². The normalized spacial score (nSPS) is 11.1. The second kappa shape index (κ2) is 3.29. The summed E-state index contributed by atoms with van der Waals surface area (Å²) in [6.45, 7) is 0. The molecule has 8 heteroatoms. The van der Waals surface area contributed by atoms with E-state index in [0.29, 0.717) is 16.6 Å². The number of benzene rings is 1. The highest BCUT2D eigenvalue weighted by molar-refractivity contribution is 5.94. The van der Waals surface area contributed by atoms with Gasteiger partial charge in [-0.15, -0.1) is 5.10 Å². The molecule has 1 aromatic carbocycles. The monoisotopic (exact) mass is 245 g/mol. The third kappa shape index (κ3) is 1.32. The van der Waals surface area contributed by atoms with Crippen molar-refractivity contribution in [2.75, 3.05) is 5.73 Å². The van der Waals surface area contributed by atoms with Crippen LogP contribution in [0, 0.1) is 0 Å². The Morgan fingerprint density at radius 1 is 1.44 bits per heavy atom. The van der Waals surface area contributed by atoms with E-state index in [1.165, 1.54) is 0 Å². The maximum absolute atomic E-state index is 11.7. The first-order valence-corrected chi connectivity index (χ1v) is 4.98. The molecule has 0 saturated carbocycles. The zero-order valence-corrected chi connectivity index (χ0v) is 8.91. The minimum atomic E-state index is -1.30. The summed E-state index contributed by atoms with van der Waals surface area (Å²) in [5, 5.41) is 13.0. The molecule has 2 heterocycles. The Labute approximate surface area is 98.7 Å². The van der Waals surface area contributed by atoms with Crippen molar-refractivity contribution in [3.63, 3.8) is 0 Å². The van der Waals surface area contributed by atoms with Crippen molar-refractivity contribution in [3.05, 3.63) is 34.5 Å². The van der Waals surface area contributed by atoms with Crippen molar-refractivity contribution in [1.82, 2.24) is 19.6 Å². The lowest BCUT2D eigenvalue weighted by atomic mass is 10.2. The van der Waals surface area contributed by atoms with Crippen LogP contribution in [-0.4, -0.2) is 30.7 Å². The van der Waals surface area contributed by atoms with Crippen molar-refractivity contribution in [1.29, 1.82) is 0 Å². The number of hydrogen-bond acceptors (Lipinski definition) is 5. The minimum absolute atomic E-state index is 0.165. The number of nitrogens with zero attached hydrogens (tertiary/aromatic N) is 3. The molecule has 3 rings (SSSR count). The van der Waals surface area contributed by atoms with Crippen LogP contribution in [0.3, 0.4) is 0 Å². The Hall–Kier alpha value is -2.90. The first-order chi connectivity index (χ1) is 8.56. The van der Waals surface area contributed by atoms with Gasteiger partial charge in [0.25, 0.3) is 5.82 Å². The van der Waals surface area contributed by atoms with Crippen molar-refractivity contribution < 1.29 is 9.90 Å². The van der Waals surface area contributed by atoms with Crippen molar-refractivity contribution in [2.24, 2.45) is 0 Å². The molecule has 0 aliphatic rings. The van der Waals surface area contributed by atoms with Gasteiger partial charge in [0.2, 0.25) is 0 Å². The Morgan fingerprint density at radius 3 is 2.94 bits per heavy atom. The van der Waals surface area contributed by atoms with Crippen molar-refractivity contribution in [2.45, 2.75) is 0 Å². The Kier molecular flexibility index (Phi) is 1.88. The molecule has 0 fully saturated rings. The number of nitrogen functional groups attached to an aromatic ring is 1. The number of carboxylic acid groups (broad SMARTS) is 1. The average molecular weight is 245 g/mol. The van der Waals surface area contributed by atoms with Gasteiger partial charge in [-0.25, -0.2) is 14.6 Å². The summed E-state index contributed by atoms with van der Waals surface area (Å²) in [7, 11) is 0. The van der Waals surface area contributed by atoms with Crippen LogP contribution in [0.2, 0.25) is 0 Å². The van der Waals surface area contributed by atoms with Crippen LogP contribution in [0.1, 0.15) is 10.6 Å². The highest BCUT2D eigenvalue weighted by atomic mass is 16.4. The standard InChI is InChI=1S/C10H7N5O3/c11-4-1-2-6-5(3-4)8-13-7(9(16)17)14-15(8)10(18)12-6/h1-3H,11H2,(H,12,18)(H,16,17). The highest BCUT2D eigenvalue weighted by Crippen LogP contribution is 2.17. The van der Waals surface area contributed by atoms with Crippen LogP contribution in [0.4, 0.5) is 5.69 Å². The summed E-state index contributed by atoms with van der Waals surface area (Å²) in [5.41, 5.74) is 6.27. The number of aromatic carboxylic acids is 1. The summed E-state index contributed by atoms with van der Waals surface area (Å²) >= 11 is 0. The molecule has 0 unspecified atom stereocenters. The fourth-order valence-corrected chi connectivity index (χ4v) is 1.74. The number of hydrogen-bond donors (Lipinski definition) is 3. The van der Waals surface area contributed by atoms with Gasteiger partial charge in [-0.1, -0.05) is 0 Å². The zero-order chi connectivity index (χ0) is 12.9. The first-order valence-electron chi connectivity index (χ1n) is 4.98. The van der Waals surface area contributed by atoms with Gasteiger partial charge < -0.3 is 15.8 Å².